The minimum absolute atomic E-state index is 0.105. The molecule has 0 aliphatic rings. The number of hydrogen-bond donors (Lipinski definition) is 3. The Morgan fingerprint density at radius 2 is 2.14 bits per heavy atom. The predicted octanol–water partition coefficient (Wildman–Crippen LogP) is 0.884. The van der Waals surface area contributed by atoms with Crippen LogP contribution in [0.1, 0.15) is 11.7 Å². The first-order valence-corrected chi connectivity index (χ1v) is 5.01. The monoisotopic (exact) mass is 281 g/mol. The summed E-state index contributed by atoms with van der Waals surface area (Å²) in [4.78, 5) is 3.78. The topological polar surface area (TPSA) is 73.6 Å². The van der Waals surface area contributed by atoms with E-state index in [9.17, 15) is 10.2 Å². The normalized spacial score (nSPS) is 15.2. The summed E-state index contributed by atoms with van der Waals surface area (Å²) in [7, 11) is 0. The van der Waals surface area contributed by atoms with Gasteiger partial charge in [0.2, 0.25) is 0 Å². The van der Waals surface area contributed by atoms with Gasteiger partial charge in [-0.05, 0) is 22.0 Å². The van der Waals surface area contributed by atoms with Crippen molar-refractivity contribution >= 4 is 27.5 Å². The molecule has 1 aromatic heterocycles. The molecule has 0 aliphatic carbocycles. The highest BCUT2D eigenvalue weighted by Crippen LogP contribution is 2.26. The lowest BCUT2D eigenvalue weighted by Gasteiger charge is -2.16. The summed E-state index contributed by atoms with van der Waals surface area (Å²) >= 11 is 8.87. The second-order valence-corrected chi connectivity index (χ2v) is 4.00. The number of rotatable bonds is 3. The molecule has 14 heavy (non-hydrogen) atoms. The van der Waals surface area contributed by atoms with Gasteiger partial charge in [-0.2, -0.15) is 0 Å². The van der Waals surface area contributed by atoms with E-state index in [0.29, 0.717) is 4.47 Å². The van der Waals surface area contributed by atoms with Crippen LogP contribution in [0.2, 0.25) is 5.15 Å². The van der Waals surface area contributed by atoms with E-state index in [2.05, 4.69) is 20.9 Å². The van der Waals surface area contributed by atoms with Gasteiger partial charge in [-0.15, -0.1) is 0 Å². The average molecular weight is 283 g/mol. The molecule has 3 N–H and O–H groups in total. The van der Waals surface area contributed by atoms with Crippen LogP contribution in [0, 0.1) is 0 Å². The molecule has 2 atom stereocenters. The van der Waals surface area contributed by atoms with Gasteiger partial charge in [0, 0.05) is 16.2 Å². The van der Waals surface area contributed by atoms with Gasteiger partial charge in [0.15, 0.2) is 0 Å². The van der Waals surface area contributed by atoms with Gasteiger partial charge in [0.1, 0.15) is 17.4 Å². The number of pyridine rings is 1. The lowest BCUT2D eigenvalue weighted by Crippen LogP contribution is -2.22. The second kappa shape index (κ2) is 5.04. The smallest absolute Gasteiger partial charge is 0.134 e. The molecular weight excluding hydrogens is 273 g/mol. The van der Waals surface area contributed by atoms with Crippen molar-refractivity contribution in [1.82, 2.24) is 4.98 Å². The van der Waals surface area contributed by atoms with Gasteiger partial charge in [-0.3, -0.25) is 0 Å². The number of aromatic nitrogens is 1. The van der Waals surface area contributed by atoms with Crippen LogP contribution in [0.4, 0.5) is 0 Å². The molecule has 1 aromatic rings. The lowest BCUT2D eigenvalue weighted by molar-refractivity contribution is -0.0153. The minimum atomic E-state index is -1.26. The third-order valence-corrected chi connectivity index (χ3v) is 2.45. The molecule has 0 fully saturated rings. The number of aliphatic hydroxyl groups is 3. The Labute approximate surface area is 94.3 Å². The van der Waals surface area contributed by atoms with Crippen LogP contribution in [0.3, 0.4) is 0 Å². The van der Waals surface area contributed by atoms with Gasteiger partial charge in [-0.25, -0.2) is 4.98 Å². The zero-order valence-corrected chi connectivity index (χ0v) is 9.40. The van der Waals surface area contributed by atoms with Crippen LogP contribution in [-0.4, -0.2) is 33.0 Å². The molecular formula is C8H9BrClNO3. The number of hydrogen-bond acceptors (Lipinski definition) is 4. The van der Waals surface area contributed by atoms with Gasteiger partial charge < -0.3 is 15.3 Å². The van der Waals surface area contributed by atoms with Crippen molar-refractivity contribution in [1.29, 1.82) is 0 Å². The maximum atomic E-state index is 9.54. The summed E-state index contributed by atoms with van der Waals surface area (Å²) in [5.74, 6) is 0. The molecule has 0 saturated carbocycles. The van der Waals surface area contributed by atoms with Crippen LogP contribution in [0.5, 0.6) is 0 Å². The Morgan fingerprint density at radius 1 is 1.50 bits per heavy atom. The van der Waals surface area contributed by atoms with E-state index in [4.69, 9.17) is 16.7 Å². The maximum absolute atomic E-state index is 9.54. The van der Waals surface area contributed by atoms with Crippen molar-refractivity contribution in [3.05, 3.63) is 27.5 Å². The van der Waals surface area contributed by atoms with Crippen LogP contribution in [0.15, 0.2) is 16.7 Å². The van der Waals surface area contributed by atoms with E-state index < -0.39 is 18.8 Å². The van der Waals surface area contributed by atoms with Crippen LogP contribution in [0.25, 0.3) is 0 Å². The summed E-state index contributed by atoms with van der Waals surface area (Å²) in [6.45, 7) is -0.538. The largest absolute Gasteiger partial charge is 0.394 e. The molecule has 1 rings (SSSR count). The van der Waals surface area contributed by atoms with E-state index in [1.807, 2.05) is 0 Å². The highest BCUT2D eigenvalue weighted by atomic mass is 79.9. The SMILES string of the molecule is OCC(O)C(O)c1cc(Br)cnc1Cl. The van der Waals surface area contributed by atoms with Gasteiger partial charge >= 0.3 is 0 Å². The number of aliphatic hydroxyl groups excluding tert-OH is 3. The van der Waals surface area contributed by atoms with E-state index in [0.717, 1.165) is 0 Å². The molecule has 2 unspecified atom stereocenters. The van der Waals surface area contributed by atoms with Crippen LogP contribution >= 0.6 is 27.5 Å². The fourth-order valence-electron chi connectivity index (χ4n) is 0.953. The number of halogens is 2. The Balaban J connectivity index is 2.99. The van der Waals surface area contributed by atoms with Gasteiger partial charge in [0.25, 0.3) is 0 Å². The van der Waals surface area contributed by atoms with Crippen molar-refractivity contribution in [2.24, 2.45) is 0 Å². The minimum Gasteiger partial charge on any atom is -0.394 e. The van der Waals surface area contributed by atoms with Crippen molar-refractivity contribution in [2.45, 2.75) is 12.2 Å². The lowest BCUT2D eigenvalue weighted by atomic mass is 10.1. The summed E-state index contributed by atoms with van der Waals surface area (Å²) in [6, 6.07) is 1.54. The Morgan fingerprint density at radius 3 is 2.71 bits per heavy atom. The highest BCUT2D eigenvalue weighted by Gasteiger charge is 2.20. The van der Waals surface area contributed by atoms with Crippen molar-refractivity contribution in [2.75, 3.05) is 6.61 Å². The zero-order chi connectivity index (χ0) is 10.7. The van der Waals surface area contributed by atoms with Crippen molar-refractivity contribution in [3.63, 3.8) is 0 Å². The van der Waals surface area contributed by atoms with Crippen LogP contribution in [-0.2, 0) is 0 Å². The molecule has 0 amide bonds. The standard InChI is InChI=1S/C8H9BrClNO3/c9-4-1-5(8(10)11-2-4)7(14)6(13)3-12/h1-2,6-7,12-14H,3H2. The fraction of sp³-hybridized carbons (Fsp3) is 0.375. The molecule has 0 saturated heterocycles. The molecule has 4 nitrogen and oxygen atoms in total. The Kier molecular flexibility index (Phi) is 4.28. The summed E-state index contributed by atoms with van der Waals surface area (Å²) in [5.41, 5.74) is 0.280. The van der Waals surface area contributed by atoms with E-state index in [-0.39, 0.29) is 10.7 Å². The first kappa shape index (κ1) is 11.9. The van der Waals surface area contributed by atoms with E-state index >= 15 is 0 Å². The van der Waals surface area contributed by atoms with Gasteiger partial charge in [0.05, 0.1) is 6.61 Å². The van der Waals surface area contributed by atoms with Crippen molar-refractivity contribution < 1.29 is 15.3 Å². The van der Waals surface area contributed by atoms with Crippen molar-refractivity contribution in [3.8, 4) is 0 Å². The summed E-state index contributed by atoms with van der Waals surface area (Å²) in [6.07, 6.45) is -1.02. The first-order chi connectivity index (χ1) is 6.56. The zero-order valence-electron chi connectivity index (χ0n) is 7.06. The summed E-state index contributed by atoms with van der Waals surface area (Å²) in [5, 5.41) is 27.5. The average Bonchev–Trinajstić information content (AvgIpc) is 2.19. The molecule has 6 heteroatoms. The molecule has 0 aliphatic heterocycles. The Bertz CT molecular complexity index is 323. The third-order valence-electron chi connectivity index (χ3n) is 1.70. The molecule has 0 aromatic carbocycles. The highest BCUT2D eigenvalue weighted by molar-refractivity contribution is 9.10. The molecule has 0 radical (unpaired) electrons. The molecule has 1 heterocycles. The molecule has 0 spiro atoms. The molecule has 78 valence electrons. The third kappa shape index (κ3) is 2.65. The second-order valence-electron chi connectivity index (χ2n) is 2.73. The van der Waals surface area contributed by atoms with E-state index in [1.54, 1.807) is 6.07 Å². The van der Waals surface area contributed by atoms with Gasteiger partial charge in [-0.1, -0.05) is 11.6 Å². The van der Waals surface area contributed by atoms with E-state index in [1.165, 1.54) is 6.20 Å². The maximum Gasteiger partial charge on any atom is 0.134 e. The fourth-order valence-corrected chi connectivity index (χ4v) is 1.52. The Hall–Kier alpha value is -0.200. The quantitative estimate of drug-likeness (QED) is 0.720. The summed E-state index contributed by atoms with van der Waals surface area (Å²) < 4.78 is 0.640. The number of nitrogens with zero attached hydrogens (tertiary/aromatic N) is 1. The predicted molar refractivity (Wildman–Crippen MR) is 55.0 cm³/mol. The first-order valence-electron chi connectivity index (χ1n) is 3.84. The van der Waals surface area contributed by atoms with Crippen LogP contribution < -0.4 is 0 Å². The molecule has 0 bridgehead atoms.